The molecule has 0 aliphatic carbocycles. The molecule has 140 valence electrons. The van der Waals surface area contributed by atoms with Crippen molar-refractivity contribution in [1.29, 1.82) is 5.26 Å². The molecule has 0 unspecified atom stereocenters. The summed E-state index contributed by atoms with van der Waals surface area (Å²) in [6, 6.07) is 14.8. The van der Waals surface area contributed by atoms with Gasteiger partial charge in [-0.1, -0.05) is 34.1 Å². The number of nitriles is 1. The Morgan fingerprint density at radius 1 is 1.19 bits per heavy atom. The Morgan fingerprint density at radius 3 is 2.56 bits per heavy atom. The molecule has 2 rings (SSSR count). The van der Waals surface area contributed by atoms with E-state index >= 15 is 0 Å². The number of halogens is 1. The van der Waals surface area contributed by atoms with Crippen LogP contribution in [0.2, 0.25) is 0 Å². The summed E-state index contributed by atoms with van der Waals surface area (Å²) < 4.78 is 6.12. The molecule has 5 nitrogen and oxygen atoms in total. The molecule has 0 bridgehead atoms. The number of benzene rings is 2. The van der Waals surface area contributed by atoms with E-state index in [1.807, 2.05) is 38.1 Å². The van der Waals surface area contributed by atoms with E-state index < -0.39 is 18.5 Å². The van der Waals surface area contributed by atoms with Crippen LogP contribution in [0.1, 0.15) is 11.1 Å². The maximum Gasteiger partial charge on any atom is 0.316 e. The Bertz CT molecular complexity index is 866. The van der Waals surface area contributed by atoms with Gasteiger partial charge in [-0.05, 0) is 49.2 Å². The number of esters is 1. The summed E-state index contributed by atoms with van der Waals surface area (Å²) in [5, 5.41) is 8.94. The van der Waals surface area contributed by atoms with Crippen LogP contribution in [-0.2, 0) is 14.3 Å². The number of ether oxygens (including phenoxy) is 1. The Hall–Kier alpha value is -2.30. The number of para-hydroxylation sites is 1. The minimum atomic E-state index is -0.474. The Kier molecular flexibility index (Phi) is 7.89. The molecular formula is C20H19BrN2O3S. The molecular weight excluding hydrogens is 428 g/mol. The second-order valence-electron chi connectivity index (χ2n) is 5.79. The average molecular weight is 447 g/mol. The van der Waals surface area contributed by atoms with Crippen LogP contribution in [0.25, 0.3) is 0 Å². The first kappa shape index (κ1) is 21.0. The maximum absolute atomic E-state index is 12.3. The van der Waals surface area contributed by atoms with E-state index in [0.717, 1.165) is 20.5 Å². The van der Waals surface area contributed by atoms with E-state index in [4.69, 9.17) is 10.00 Å². The van der Waals surface area contributed by atoms with E-state index in [-0.39, 0.29) is 12.3 Å². The minimum Gasteiger partial charge on any atom is -0.455 e. The van der Waals surface area contributed by atoms with Crippen LogP contribution in [0.4, 0.5) is 5.69 Å². The summed E-state index contributed by atoms with van der Waals surface area (Å²) >= 11 is 4.85. The molecule has 2 aromatic carbocycles. The lowest BCUT2D eigenvalue weighted by Crippen LogP contribution is -2.35. The fourth-order valence-corrected chi connectivity index (χ4v) is 3.67. The van der Waals surface area contributed by atoms with Crippen LogP contribution in [-0.4, -0.2) is 30.8 Å². The van der Waals surface area contributed by atoms with Gasteiger partial charge in [0.15, 0.2) is 6.61 Å². The van der Waals surface area contributed by atoms with Gasteiger partial charge in [0.05, 0.1) is 11.8 Å². The second-order valence-corrected chi connectivity index (χ2v) is 7.66. The number of thioether (sulfide) groups is 1. The third-order valence-corrected chi connectivity index (χ3v) is 5.74. The third kappa shape index (κ3) is 6.12. The smallest absolute Gasteiger partial charge is 0.316 e. The fraction of sp³-hybridized carbons (Fsp3) is 0.250. The normalized spacial score (nSPS) is 10.1. The van der Waals surface area contributed by atoms with Gasteiger partial charge >= 0.3 is 5.97 Å². The van der Waals surface area contributed by atoms with Crippen LogP contribution < -0.4 is 4.90 Å². The average Bonchev–Trinajstić information content (AvgIpc) is 2.66. The van der Waals surface area contributed by atoms with Crippen LogP contribution >= 0.6 is 27.7 Å². The van der Waals surface area contributed by atoms with Crippen molar-refractivity contribution in [3.05, 3.63) is 58.1 Å². The number of nitrogens with zero attached hydrogens (tertiary/aromatic N) is 2. The Morgan fingerprint density at radius 2 is 1.89 bits per heavy atom. The van der Waals surface area contributed by atoms with Crippen molar-refractivity contribution < 1.29 is 14.3 Å². The van der Waals surface area contributed by atoms with Crippen molar-refractivity contribution in [1.82, 2.24) is 0 Å². The number of hydrogen-bond acceptors (Lipinski definition) is 5. The number of hydrogen-bond donors (Lipinski definition) is 0. The molecule has 0 aliphatic rings. The lowest BCUT2D eigenvalue weighted by atomic mass is 10.2. The molecule has 0 saturated carbocycles. The van der Waals surface area contributed by atoms with Gasteiger partial charge in [0.25, 0.3) is 5.91 Å². The van der Waals surface area contributed by atoms with Gasteiger partial charge in [0.2, 0.25) is 0 Å². The molecule has 1 amide bonds. The summed E-state index contributed by atoms with van der Waals surface area (Å²) in [7, 11) is 0. The molecule has 27 heavy (non-hydrogen) atoms. The highest BCUT2D eigenvalue weighted by Crippen LogP contribution is 2.28. The van der Waals surface area contributed by atoms with E-state index in [1.54, 1.807) is 24.3 Å². The molecule has 0 saturated heterocycles. The van der Waals surface area contributed by atoms with Crippen molar-refractivity contribution in [2.75, 3.05) is 23.8 Å². The van der Waals surface area contributed by atoms with Gasteiger partial charge in [-0.15, -0.1) is 11.8 Å². The lowest BCUT2D eigenvalue weighted by Gasteiger charge is -2.19. The number of carbonyl (C=O) groups excluding carboxylic acids is 2. The number of carbonyl (C=O) groups is 2. The van der Waals surface area contributed by atoms with Crippen LogP contribution in [0, 0.1) is 25.2 Å². The molecule has 0 aromatic heterocycles. The summed E-state index contributed by atoms with van der Waals surface area (Å²) in [4.78, 5) is 26.6. The lowest BCUT2D eigenvalue weighted by molar-refractivity contribution is -0.145. The molecule has 2 aromatic rings. The third-order valence-electron chi connectivity index (χ3n) is 3.76. The quantitative estimate of drug-likeness (QED) is 0.361. The predicted octanol–water partition coefficient (Wildman–Crippen LogP) is 4.26. The number of anilines is 1. The molecule has 0 fully saturated rings. The molecule has 0 N–H and O–H groups in total. The van der Waals surface area contributed by atoms with Gasteiger partial charge in [-0.3, -0.25) is 14.5 Å². The Balaban J connectivity index is 1.90. The van der Waals surface area contributed by atoms with Gasteiger partial charge in [0, 0.05) is 15.1 Å². The number of aryl methyl sites for hydroxylation is 2. The van der Waals surface area contributed by atoms with E-state index in [9.17, 15) is 9.59 Å². The highest BCUT2D eigenvalue weighted by atomic mass is 79.9. The first-order valence-corrected chi connectivity index (χ1v) is 9.97. The number of amides is 1. The monoisotopic (exact) mass is 446 g/mol. The molecule has 0 aliphatic heterocycles. The molecule has 0 radical (unpaired) electrons. The van der Waals surface area contributed by atoms with Crippen LogP contribution in [0.5, 0.6) is 0 Å². The van der Waals surface area contributed by atoms with E-state index in [0.29, 0.717) is 5.69 Å². The van der Waals surface area contributed by atoms with Crippen molar-refractivity contribution in [3.8, 4) is 6.07 Å². The predicted molar refractivity (Wildman–Crippen MR) is 110 cm³/mol. The fourth-order valence-electron chi connectivity index (χ4n) is 2.31. The molecule has 0 heterocycles. The van der Waals surface area contributed by atoms with Crippen LogP contribution in [0.3, 0.4) is 0 Å². The van der Waals surface area contributed by atoms with Crippen molar-refractivity contribution >= 4 is 45.3 Å². The van der Waals surface area contributed by atoms with Gasteiger partial charge in [-0.2, -0.15) is 5.26 Å². The summed E-state index contributed by atoms with van der Waals surface area (Å²) in [5.74, 6) is -0.797. The maximum atomic E-state index is 12.3. The van der Waals surface area contributed by atoms with Crippen molar-refractivity contribution in [2.45, 2.75) is 18.7 Å². The van der Waals surface area contributed by atoms with Gasteiger partial charge in [0.1, 0.15) is 6.54 Å². The molecule has 7 heteroatoms. The summed E-state index contributed by atoms with van der Waals surface area (Å²) in [6.07, 6.45) is 0. The summed E-state index contributed by atoms with van der Waals surface area (Å²) in [6.45, 7) is 3.46. The van der Waals surface area contributed by atoms with Crippen molar-refractivity contribution in [2.24, 2.45) is 0 Å². The zero-order chi connectivity index (χ0) is 19.8. The van der Waals surface area contributed by atoms with Crippen LogP contribution in [0.15, 0.2) is 51.8 Å². The number of rotatable bonds is 7. The zero-order valence-corrected chi connectivity index (χ0v) is 17.5. The highest BCUT2D eigenvalue weighted by molar-refractivity contribution is 9.10. The molecule has 0 atom stereocenters. The van der Waals surface area contributed by atoms with Gasteiger partial charge in [-0.25, -0.2) is 0 Å². The largest absolute Gasteiger partial charge is 0.455 e. The standard InChI is InChI=1S/C20H19BrN2O3S/c1-14-11-18(15(2)10-17(14)21)27-13-20(25)26-12-19(24)23(9-8-22)16-6-4-3-5-7-16/h3-7,10-11H,9,12-13H2,1-2H3. The highest BCUT2D eigenvalue weighted by Gasteiger charge is 2.17. The van der Waals surface area contributed by atoms with E-state index in [1.165, 1.54) is 16.7 Å². The first-order valence-electron chi connectivity index (χ1n) is 8.20. The molecule has 0 spiro atoms. The Labute approximate surface area is 171 Å². The summed E-state index contributed by atoms with van der Waals surface area (Å²) in [5.41, 5.74) is 2.74. The zero-order valence-electron chi connectivity index (χ0n) is 15.1. The first-order chi connectivity index (χ1) is 12.9. The van der Waals surface area contributed by atoms with E-state index in [2.05, 4.69) is 15.9 Å². The van der Waals surface area contributed by atoms with Gasteiger partial charge < -0.3 is 4.74 Å². The minimum absolute atomic E-state index is 0.105. The van der Waals surface area contributed by atoms with Crippen molar-refractivity contribution in [3.63, 3.8) is 0 Å². The topological polar surface area (TPSA) is 70.4 Å². The SMILES string of the molecule is Cc1cc(SCC(=O)OCC(=O)N(CC#N)c2ccccc2)c(C)cc1Br. The second kappa shape index (κ2) is 10.1.